The van der Waals surface area contributed by atoms with Gasteiger partial charge in [-0.3, -0.25) is 19.3 Å². The van der Waals surface area contributed by atoms with Crippen molar-refractivity contribution < 1.29 is 26.8 Å². The van der Waals surface area contributed by atoms with Crippen molar-refractivity contribution in [1.82, 2.24) is 20.6 Å². The quantitative estimate of drug-likeness (QED) is 0.402. The molecule has 3 amide bonds. The molecule has 2 N–H and O–H groups in total. The highest BCUT2D eigenvalue weighted by Gasteiger charge is 2.30. The van der Waals surface area contributed by atoms with E-state index in [1.165, 1.54) is 0 Å². The number of rotatable bonds is 10. The summed E-state index contributed by atoms with van der Waals surface area (Å²) in [5.41, 5.74) is 0.427. The second-order valence-corrected chi connectivity index (χ2v) is 7.46. The third-order valence-electron chi connectivity index (χ3n) is 4.52. The topological polar surface area (TPSA) is 108 Å². The van der Waals surface area contributed by atoms with Gasteiger partial charge in [0.15, 0.2) is 0 Å². The van der Waals surface area contributed by atoms with Gasteiger partial charge in [-0.15, -0.1) is 5.06 Å². The number of likely N-dealkylation sites (tertiary alicyclic amines) is 1. The molecular weight excluding hydrogens is 381 g/mol. The number of nitrogens with zero attached hydrogens (tertiary/aromatic N) is 2. The molecule has 9 heteroatoms. The zero-order chi connectivity index (χ0) is 23.2. The first-order chi connectivity index (χ1) is 14.6. The lowest BCUT2D eigenvalue weighted by atomic mass is 10.2. The Morgan fingerprint density at radius 1 is 1.28 bits per heavy atom. The molecule has 2 unspecified atom stereocenters. The lowest BCUT2D eigenvalue weighted by molar-refractivity contribution is -0.186. The predicted molar refractivity (Wildman–Crippen MR) is 106 cm³/mol. The van der Waals surface area contributed by atoms with Gasteiger partial charge in [-0.1, -0.05) is 20.4 Å². The van der Waals surface area contributed by atoms with Crippen LogP contribution in [0.3, 0.4) is 0 Å². The molecule has 0 saturated carbocycles. The summed E-state index contributed by atoms with van der Waals surface area (Å²) in [7, 11) is 0. The van der Waals surface area contributed by atoms with Gasteiger partial charge >= 0.3 is 5.97 Å². The summed E-state index contributed by atoms with van der Waals surface area (Å²) in [5.74, 6) is -1.85. The molecule has 0 aromatic heterocycles. The number of carbonyl (C=O) groups is 4. The van der Waals surface area contributed by atoms with Gasteiger partial charge in [0.2, 0.25) is 11.8 Å². The van der Waals surface area contributed by atoms with Crippen molar-refractivity contribution in [3.63, 3.8) is 0 Å². The first-order valence-electron chi connectivity index (χ1n) is 11.1. The van der Waals surface area contributed by atoms with Crippen molar-refractivity contribution in [3.8, 4) is 0 Å². The van der Waals surface area contributed by atoms with E-state index in [4.69, 9.17) is 7.58 Å². The summed E-state index contributed by atoms with van der Waals surface area (Å²) in [5, 5.41) is 6.06. The molecule has 2 aliphatic rings. The van der Waals surface area contributed by atoms with E-state index in [0.717, 1.165) is 5.06 Å². The third-order valence-corrected chi connectivity index (χ3v) is 4.52. The molecule has 2 aliphatic heterocycles. The number of hydrogen-bond donors (Lipinski definition) is 2. The fraction of sp³-hybridized carbons (Fsp3) is 0.700. The Hall–Kier alpha value is -2.42. The molecule has 2 rings (SSSR count). The van der Waals surface area contributed by atoms with E-state index in [-0.39, 0.29) is 50.1 Å². The van der Waals surface area contributed by atoms with Crippen LogP contribution in [0.1, 0.15) is 55.1 Å². The zero-order valence-corrected chi connectivity index (χ0v) is 17.2. The van der Waals surface area contributed by atoms with Gasteiger partial charge in [0, 0.05) is 33.8 Å². The summed E-state index contributed by atoms with van der Waals surface area (Å²) < 4.78 is 16.8. The molecule has 0 spiro atoms. The van der Waals surface area contributed by atoms with Gasteiger partial charge in [-0.2, -0.15) is 0 Å². The van der Waals surface area contributed by atoms with Crippen LogP contribution in [0.2, 0.25) is 0 Å². The molecule has 0 aliphatic carbocycles. The van der Waals surface area contributed by atoms with Crippen LogP contribution in [0.15, 0.2) is 12.3 Å². The van der Waals surface area contributed by atoms with Crippen LogP contribution >= 0.6 is 0 Å². The molecule has 0 aromatic rings. The third kappa shape index (κ3) is 7.16. The minimum absolute atomic E-state index is 0.00486. The second-order valence-electron chi connectivity index (χ2n) is 7.46. The molecular formula is C20H32N4O5. The van der Waals surface area contributed by atoms with Gasteiger partial charge in [0.1, 0.15) is 0 Å². The molecule has 2 fully saturated rings. The van der Waals surface area contributed by atoms with Crippen LogP contribution in [0.25, 0.3) is 0 Å². The number of allylic oxidation sites excluding steroid dienone is 1. The average Bonchev–Trinajstić information content (AvgIpc) is 3.25. The van der Waals surface area contributed by atoms with Crippen molar-refractivity contribution in [2.75, 3.05) is 26.2 Å². The predicted octanol–water partition coefficient (Wildman–Crippen LogP) is 0.714. The van der Waals surface area contributed by atoms with E-state index in [2.05, 4.69) is 17.2 Å². The van der Waals surface area contributed by atoms with E-state index in [0.29, 0.717) is 31.5 Å². The molecule has 162 valence electrons. The molecule has 2 atom stereocenters. The largest absolute Gasteiger partial charge is 0.355 e. The highest BCUT2D eigenvalue weighted by Crippen LogP contribution is 2.21. The minimum atomic E-state index is -1.49. The Kier molecular flexibility index (Phi) is 7.50. The Morgan fingerprint density at radius 2 is 2.00 bits per heavy atom. The van der Waals surface area contributed by atoms with Crippen molar-refractivity contribution >= 4 is 23.7 Å². The lowest BCUT2D eigenvalue weighted by Gasteiger charge is -2.25. The summed E-state index contributed by atoms with van der Waals surface area (Å²) in [4.78, 5) is 54.4. The van der Waals surface area contributed by atoms with Crippen LogP contribution in [-0.2, 0) is 24.0 Å². The number of hydrogen-bond acceptors (Lipinski definition) is 6. The molecule has 9 nitrogen and oxygen atoms in total. The van der Waals surface area contributed by atoms with Crippen molar-refractivity contribution in [2.45, 2.75) is 58.4 Å². The van der Waals surface area contributed by atoms with Gasteiger partial charge in [0.25, 0.3) is 5.91 Å². The maximum absolute atomic E-state index is 12.6. The van der Waals surface area contributed by atoms with Crippen LogP contribution in [0.5, 0.6) is 0 Å². The van der Waals surface area contributed by atoms with Crippen molar-refractivity contribution in [2.24, 2.45) is 5.92 Å². The molecule has 0 bridgehead atoms. The van der Waals surface area contributed by atoms with Crippen LogP contribution in [-0.4, -0.2) is 65.8 Å². The smallest absolute Gasteiger partial charge is 0.334 e. The average molecular weight is 415 g/mol. The molecule has 2 saturated heterocycles. The number of hydroxylamine groups is 2. The van der Waals surface area contributed by atoms with E-state index in [1.54, 1.807) is 4.90 Å². The van der Waals surface area contributed by atoms with E-state index in [9.17, 15) is 19.2 Å². The van der Waals surface area contributed by atoms with Gasteiger partial charge in [0.05, 0.1) is 19.5 Å². The van der Waals surface area contributed by atoms with Crippen LogP contribution in [0, 0.1) is 5.92 Å². The van der Waals surface area contributed by atoms with Crippen molar-refractivity contribution in [3.05, 3.63) is 12.3 Å². The fourth-order valence-electron chi connectivity index (χ4n) is 3.14. The summed E-state index contributed by atoms with van der Waals surface area (Å²) in [6.45, 7) is 7.39. The Bertz CT molecular complexity index is 716. The van der Waals surface area contributed by atoms with Gasteiger partial charge in [-0.25, -0.2) is 4.79 Å². The number of carbonyl (C=O) groups excluding carboxylic acids is 4. The van der Waals surface area contributed by atoms with E-state index < -0.39 is 24.4 Å². The maximum Gasteiger partial charge on any atom is 0.334 e. The molecule has 29 heavy (non-hydrogen) atoms. The summed E-state index contributed by atoms with van der Waals surface area (Å²) >= 11 is 0. The first-order valence-corrected chi connectivity index (χ1v) is 10.0. The van der Waals surface area contributed by atoms with E-state index in [1.807, 2.05) is 13.8 Å². The fourth-order valence-corrected chi connectivity index (χ4v) is 3.14. The Labute approximate surface area is 174 Å². The molecule has 2 heterocycles. The Balaban J connectivity index is 1.67. The van der Waals surface area contributed by atoms with Crippen molar-refractivity contribution in [1.29, 1.82) is 0 Å². The van der Waals surface area contributed by atoms with Crippen LogP contribution < -0.4 is 10.6 Å². The maximum atomic E-state index is 12.6. The van der Waals surface area contributed by atoms with Gasteiger partial charge < -0.3 is 15.5 Å². The van der Waals surface area contributed by atoms with Gasteiger partial charge in [-0.05, 0) is 31.7 Å². The standard InChI is InChI=1S/C20H32N4O5/c1-14(2)13-23-12-4-5-16(23)20(28)22-10-8-17(25)21-11-9-19(27)29-24-15(3)6-7-18(24)26/h14,16H,3-13H2,1-2H3,(H,21,25)(H,22,28)/i1+1,2+1,13+1D,14+1,16D,22+1. The Morgan fingerprint density at radius 3 is 2.66 bits per heavy atom. The first kappa shape index (κ1) is 19.9. The summed E-state index contributed by atoms with van der Waals surface area (Å²) in [6, 6.07) is -1.49. The highest BCUT2D eigenvalue weighted by atomic mass is 16.7. The second kappa shape index (κ2) is 10.9. The monoisotopic (exact) mass is 415 g/mol. The lowest BCUT2D eigenvalue weighted by Crippen LogP contribution is -2.45. The van der Waals surface area contributed by atoms with Crippen LogP contribution in [0.4, 0.5) is 0 Å². The highest BCUT2D eigenvalue weighted by molar-refractivity contribution is 5.83. The zero-order valence-electron chi connectivity index (χ0n) is 19.2. The number of nitrogens with one attached hydrogen (secondary N) is 2. The minimum Gasteiger partial charge on any atom is -0.355 e. The van der Waals surface area contributed by atoms with E-state index >= 15 is 0 Å². The number of amides is 3. The molecule has 0 aromatic carbocycles. The normalized spacial score (nSPS) is 24.3. The molecule has 0 radical (unpaired) electrons. The summed E-state index contributed by atoms with van der Waals surface area (Å²) in [6.07, 6.45) is 1.61. The SMILES string of the molecule is [2H][13CH]([13CH]([13CH3])[13CH3])N1CCCC1([2H])C(=O)[15NH]CCC(=O)NCCC(=O)ON1C(=C)CCC1=O.